The molecule has 0 unspecified atom stereocenters. The Morgan fingerprint density at radius 3 is 0.827 bits per heavy atom. The predicted octanol–water partition coefficient (Wildman–Crippen LogP) is 26.0. The summed E-state index contributed by atoms with van der Waals surface area (Å²) in [5, 5.41) is 4.34. The van der Waals surface area contributed by atoms with Gasteiger partial charge in [0.2, 0.25) is 11.4 Å². The standard InChI is InChI=1S/2C23H21N3O.2C21H22N4.C19H18N4/c2*1-15-9-11-19-20-12-10-16(2)24-23(20)27-22(19)21(15)26-14-13-25(17(26)3)18-7-5-4-6-8-18;2*1-14-10-8-9-13-19(14)25-17(4)24(18-11-6-5-7-12-18)20-21(25)23-16(3)15(2)22-20;1-14-8-6-7-11-17(14)23-15(2)22(16-9-4-3-5-10-16)18-19(23)21-13-12-20-18/h2*4-14,17H,1-3H3;2*5-13,17H,1-4H3;3-13,15H,1-2H3/t4*17-;15-/m00000/s1. The van der Waals surface area contributed by atoms with Crippen LogP contribution in [0.5, 0.6) is 0 Å². The van der Waals surface area contributed by atoms with Crippen LogP contribution in [0.3, 0.4) is 0 Å². The third kappa shape index (κ3) is 15.5. The molecule has 0 radical (unpaired) electrons. The van der Waals surface area contributed by atoms with Crippen molar-refractivity contribution < 1.29 is 8.83 Å². The summed E-state index contributed by atoms with van der Waals surface area (Å²) in [5.41, 5.74) is 26.5. The van der Waals surface area contributed by atoms with Crippen molar-refractivity contribution in [2.45, 2.75) is 142 Å². The number of aromatic nitrogens is 8. The molecule has 0 fully saturated rings. The molecule has 0 N–H and O–H groups in total. The van der Waals surface area contributed by atoms with Crippen LogP contribution >= 0.6 is 0 Å². The average Bonchev–Trinajstić information content (AvgIpc) is 1.60. The van der Waals surface area contributed by atoms with Gasteiger partial charge in [-0.25, -0.2) is 39.9 Å². The number of hydrogen-bond acceptors (Lipinski definition) is 20. The zero-order chi connectivity index (χ0) is 88.0. The predicted molar refractivity (Wildman–Crippen MR) is 521 cm³/mol. The second-order valence-corrected chi connectivity index (χ2v) is 33.0. The molecule has 7 aromatic heterocycles. The van der Waals surface area contributed by atoms with E-state index in [0.717, 1.165) is 130 Å². The molecule has 10 aromatic carbocycles. The third-order valence-electron chi connectivity index (χ3n) is 24.7. The van der Waals surface area contributed by atoms with Crippen LogP contribution in [-0.2, 0) is 0 Å². The fourth-order valence-corrected chi connectivity index (χ4v) is 17.9. The zero-order valence-corrected chi connectivity index (χ0v) is 74.7. The van der Waals surface area contributed by atoms with Gasteiger partial charge in [-0.15, -0.1) is 0 Å². The van der Waals surface area contributed by atoms with Gasteiger partial charge in [0.25, 0.3) is 0 Å². The van der Waals surface area contributed by atoms with Gasteiger partial charge in [-0.1, -0.05) is 170 Å². The minimum Gasteiger partial charge on any atom is -0.435 e. The molecule has 5 atom stereocenters. The molecule has 20 nitrogen and oxygen atoms in total. The van der Waals surface area contributed by atoms with E-state index < -0.39 is 0 Å². The van der Waals surface area contributed by atoms with Crippen LogP contribution in [0.1, 0.15) is 96.6 Å². The number of rotatable bonds is 10. The Hall–Kier alpha value is -15.2. The summed E-state index contributed by atoms with van der Waals surface area (Å²) < 4.78 is 12.5. The van der Waals surface area contributed by atoms with Crippen LogP contribution in [0, 0.1) is 76.2 Å². The Morgan fingerprint density at radius 2 is 0.496 bits per heavy atom. The van der Waals surface area contributed by atoms with Gasteiger partial charge in [-0.05, 0) is 242 Å². The summed E-state index contributed by atoms with van der Waals surface area (Å²) in [6.45, 7) is 33.7. The van der Waals surface area contributed by atoms with E-state index in [1.165, 1.54) is 56.3 Å². The fraction of sp³-hybridized carbons (Fsp3) is 0.196. The molecule has 12 heterocycles. The van der Waals surface area contributed by atoms with E-state index in [4.69, 9.17) is 28.8 Å². The SMILES string of the molecule is Cc1ccc2c(n1)oc1c(N3C=CN(c4ccccc4)[C@@H]3C)c(C)ccc12.Cc1ccc2c(n1)oc1c(N3C=CN(c4ccccc4)[C@@H]3C)c(C)ccc12.Cc1ccccc1N1c2nc(C)c(C)nc2N(c2ccccc2)[C@@H]1C.Cc1ccccc1N1c2nc(C)c(C)nc2N(c2ccccc2)[C@@H]1C.Cc1ccccc1N1c2nccnc2N(c2ccccc2)[C@@H]1C. The number of para-hydroxylation sites is 8. The number of furan rings is 2. The smallest absolute Gasteiger partial charge is 0.227 e. The van der Waals surface area contributed by atoms with Gasteiger partial charge < -0.3 is 57.8 Å². The van der Waals surface area contributed by atoms with Gasteiger partial charge in [0, 0.05) is 116 Å². The van der Waals surface area contributed by atoms with Crippen LogP contribution in [0.15, 0.2) is 319 Å². The van der Waals surface area contributed by atoms with Crippen molar-refractivity contribution in [3.63, 3.8) is 0 Å². The molecule has 0 aliphatic carbocycles. The molecule has 17 aromatic rings. The molecular formula is C107H104N18O2. The van der Waals surface area contributed by atoms with E-state index in [1.54, 1.807) is 12.4 Å². The number of nitrogens with zero attached hydrogens (tertiary/aromatic N) is 18. The van der Waals surface area contributed by atoms with Gasteiger partial charge in [-0.3, -0.25) is 0 Å². The Morgan fingerprint density at radius 1 is 0.228 bits per heavy atom. The summed E-state index contributed by atoms with van der Waals surface area (Å²) >= 11 is 0. The topological polar surface area (TPSA) is 162 Å². The van der Waals surface area contributed by atoms with Crippen molar-refractivity contribution in [3.05, 3.63) is 372 Å². The minimum absolute atomic E-state index is 0.0969. The molecule has 5 aliphatic rings. The summed E-state index contributed by atoms with van der Waals surface area (Å²) in [4.78, 5) is 60.6. The molecule has 0 spiro atoms. The number of fused-ring (bicyclic) bond motifs is 9. The highest BCUT2D eigenvalue weighted by Gasteiger charge is 2.42. The van der Waals surface area contributed by atoms with E-state index in [1.807, 2.05) is 84.0 Å². The van der Waals surface area contributed by atoms with Crippen molar-refractivity contribution in [1.82, 2.24) is 39.9 Å². The number of anilines is 16. The highest BCUT2D eigenvalue weighted by Crippen LogP contribution is 2.51. The normalized spacial score (nSPS) is 16.5. The molecule has 0 bridgehead atoms. The summed E-state index contributed by atoms with van der Waals surface area (Å²) in [6.07, 6.45) is 12.6. The summed E-state index contributed by atoms with van der Waals surface area (Å²) in [7, 11) is 0. The Kier molecular flexibility index (Phi) is 22.7. The van der Waals surface area contributed by atoms with E-state index >= 15 is 0 Å². The summed E-state index contributed by atoms with van der Waals surface area (Å²) in [5.74, 6) is 5.49. The number of aryl methyl sites for hydroxylation is 11. The third-order valence-corrected chi connectivity index (χ3v) is 24.7. The highest BCUT2D eigenvalue weighted by molar-refractivity contribution is 6.10. The zero-order valence-electron chi connectivity index (χ0n) is 74.7. The first kappa shape index (κ1) is 82.8. The summed E-state index contributed by atoms with van der Waals surface area (Å²) in [6, 6.07) is 94.2. The first-order chi connectivity index (χ1) is 61.7. The lowest BCUT2D eigenvalue weighted by Gasteiger charge is -2.30. The molecule has 0 saturated carbocycles. The molecule has 634 valence electrons. The first-order valence-electron chi connectivity index (χ1n) is 43.5. The van der Waals surface area contributed by atoms with Gasteiger partial charge in [0.15, 0.2) is 46.1 Å². The molecule has 127 heavy (non-hydrogen) atoms. The van der Waals surface area contributed by atoms with E-state index in [2.05, 4.69) is 393 Å². The second-order valence-electron chi connectivity index (χ2n) is 33.0. The maximum Gasteiger partial charge on any atom is 0.227 e. The minimum atomic E-state index is 0.0969. The quantitative estimate of drug-likeness (QED) is 0.127. The van der Waals surface area contributed by atoms with Crippen LogP contribution in [0.4, 0.5) is 91.8 Å². The van der Waals surface area contributed by atoms with E-state index in [9.17, 15) is 0 Å². The van der Waals surface area contributed by atoms with Gasteiger partial charge in [-0.2, -0.15) is 0 Å². The van der Waals surface area contributed by atoms with Crippen LogP contribution < -0.4 is 49.0 Å². The van der Waals surface area contributed by atoms with Gasteiger partial charge in [0.1, 0.15) is 30.8 Å². The molecular weight excluding hydrogens is 1570 g/mol. The molecule has 20 heteroatoms. The van der Waals surface area contributed by atoms with E-state index in [0.29, 0.717) is 11.4 Å². The highest BCUT2D eigenvalue weighted by atomic mass is 16.3. The Bertz CT molecular complexity index is 6600. The van der Waals surface area contributed by atoms with Crippen LogP contribution in [0.2, 0.25) is 0 Å². The second kappa shape index (κ2) is 34.9. The number of benzene rings is 10. The molecule has 22 rings (SSSR count). The first-order valence-corrected chi connectivity index (χ1v) is 43.5. The van der Waals surface area contributed by atoms with Crippen molar-refractivity contribution in [2.75, 3.05) is 49.0 Å². The number of pyridine rings is 2. The number of hydrogen-bond donors (Lipinski definition) is 0. The molecule has 5 aliphatic heterocycles. The van der Waals surface area contributed by atoms with Crippen molar-refractivity contribution >= 4 is 136 Å². The largest absolute Gasteiger partial charge is 0.435 e. The van der Waals surface area contributed by atoms with Crippen LogP contribution in [-0.4, -0.2) is 70.7 Å². The van der Waals surface area contributed by atoms with Gasteiger partial charge >= 0.3 is 0 Å². The van der Waals surface area contributed by atoms with Crippen LogP contribution in [0.25, 0.3) is 44.1 Å². The van der Waals surface area contributed by atoms with E-state index in [-0.39, 0.29) is 30.8 Å². The molecule has 0 amide bonds. The maximum absolute atomic E-state index is 6.24. The lowest BCUT2D eigenvalue weighted by Crippen LogP contribution is -2.36. The van der Waals surface area contributed by atoms with Crippen molar-refractivity contribution in [1.29, 1.82) is 0 Å². The van der Waals surface area contributed by atoms with Crippen molar-refractivity contribution in [3.8, 4) is 0 Å². The van der Waals surface area contributed by atoms with Crippen molar-refractivity contribution in [2.24, 2.45) is 0 Å². The lowest BCUT2D eigenvalue weighted by molar-refractivity contribution is 0.647. The lowest BCUT2D eigenvalue weighted by atomic mass is 10.1. The molecule has 0 saturated heterocycles. The monoisotopic (exact) mass is 1670 g/mol. The van der Waals surface area contributed by atoms with Gasteiger partial charge in [0.05, 0.1) is 34.2 Å². The Balaban J connectivity index is 0.000000108. The average molecular weight is 1670 g/mol. The maximum atomic E-state index is 6.24. The fourth-order valence-electron chi connectivity index (χ4n) is 17.9. The Labute approximate surface area is 743 Å².